The molecule has 6 heteroatoms. The van der Waals surface area contributed by atoms with Gasteiger partial charge < -0.3 is 25.8 Å². The highest BCUT2D eigenvalue weighted by molar-refractivity contribution is 5.89. The average molecular weight is 239 g/mol. The van der Waals surface area contributed by atoms with Crippen molar-refractivity contribution in [1.82, 2.24) is 5.32 Å². The molecule has 0 unspecified atom stereocenters. The Morgan fingerprint density at radius 1 is 1.29 bits per heavy atom. The van der Waals surface area contributed by atoms with Gasteiger partial charge in [-0.25, -0.2) is 4.79 Å². The molecule has 0 atom stereocenters. The number of amides is 2. The van der Waals surface area contributed by atoms with Gasteiger partial charge in [-0.2, -0.15) is 0 Å². The highest BCUT2D eigenvalue weighted by atomic mass is 16.5. The minimum absolute atomic E-state index is 0.303. The third-order valence-electron chi connectivity index (χ3n) is 2.07. The van der Waals surface area contributed by atoms with E-state index in [0.717, 1.165) is 0 Å². The Balaban J connectivity index is 2.68. The maximum atomic E-state index is 11.4. The van der Waals surface area contributed by atoms with Crippen molar-refractivity contribution in [2.75, 3.05) is 32.6 Å². The van der Waals surface area contributed by atoms with Gasteiger partial charge in [0.05, 0.1) is 14.2 Å². The molecule has 1 aromatic carbocycles. The number of urea groups is 1. The van der Waals surface area contributed by atoms with Crippen LogP contribution < -0.4 is 25.8 Å². The van der Waals surface area contributed by atoms with E-state index in [1.807, 2.05) is 0 Å². The molecular weight excluding hydrogens is 222 g/mol. The molecule has 0 spiro atoms. The Labute approximate surface area is 100 Å². The van der Waals surface area contributed by atoms with Crippen LogP contribution in [0.25, 0.3) is 0 Å². The normalized spacial score (nSPS) is 9.59. The van der Waals surface area contributed by atoms with Crippen molar-refractivity contribution in [2.45, 2.75) is 0 Å². The third-order valence-corrected chi connectivity index (χ3v) is 2.07. The Hall–Kier alpha value is -1.95. The minimum atomic E-state index is -0.303. The molecule has 0 aliphatic rings. The first-order valence-corrected chi connectivity index (χ1v) is 5.18. The fourth-order valence-electron chi connectivity index (χ4n) is 1.27. The minimum Gasteiger partial charge on any atom is -0.493 e. The van der Waals surface area contributed by atoms with Crippen molar-refractivity contribution >= 4 is 11.7 Å². The first-order chi connectivity index (χ1) is 8.21. The summed E-state index contributed by atoms with van der Waals surface area (Å²) >= 11 is 0. The van der Waals surface area contributed by atoms with E-state index in [-0.39, 0.29) is 6.03 Å². The Bertz CT molecular complexity index is 382. The van der Waals surface area contributed by atoms with Crippen molar-refractivity contribution in [1.29, 1.82) is 0 Å². The van der Waals surface area contributed by atoms with Crippen LogP contribution in [0.2, 0.25) is 0 Å². The maximum absolute atomic E-state index is 11.4. The molecule has 0 bridgehead atoms. The van der Waals surface area contributed by atoms with Gasteiger partial charge in [-0.15, -0.1) is 0 Å². The lowest BCUT2D eigenvalue weighted by Gasteiger charge is -2.10. The van der Waals surface area contributed by atoms with E-state index in [1.54, 1.807) is 25.3 Å². The van der Waals surface area contributed by atoms with Crippen molar-refractivity contribution in [2.24, 2.45) is 5.73 Å². The second kappa shape index (κ2) is 6.59. The molecular formula is C11H17N3O3. The van der Waals surface area contributed by atoms with Crippen LogP contribution in [0.3, 0.4) is 0 Å². The molecule has 0 saturated carbocycles. The second-order valence-corrected chi connectivity index (χ2v) is 3.24. The number of carbonyl (C=O) groups is 1. The fraction of sp³-hybridized carbons (Fsp3) is 0.364. The largest absolute Gasteiger partial charge is 0.493 e. The van der Waals surface area contributed by atoms with Crippen molar-refractivity contribution in [3.63, 3.8) is 0 Å². The van der Waals surface area contributed by atoms with Crippen LogP contribution in [-0.2, 0) is 0 Å². The monoisotopic (exact) mass is 239 g/mol. The van der Waals surface area contributed by atoms with Gasteiger partial charge in [-0.05, 0) is 12.1 Å². The van der Waals surface area contributed by atoms with Crippen LogP contribution in [0.1, 0.15) is 0 Å². The molecule has 0 heterocycles. The molecule has 0 radical (unpaired) electrons. The third kappa shape index (κ3) is 3.84. The number of rotatable bonds is 5. The molecule has 4 N–H and O–H groups in total. The molecule has 94 valence electrons. The van der Waals surface area contributed by atoms with Gasteiger partial charge in [-0.3, -0.25) is 0 Å². The number of methoxy groups -OCH3 is 2. The summed E-state index contributed by atoms with van der Waals surface area (Å²) in [6.45, 7) is 0.832. The number of carbonyl (C=O) groups excluding carboxylic acids is 1. The van der Waals surface area contributed by atoms with Gasteiger partial charge in [0.1, 0.15) is 0 Å². The van der Waals surface area contributed by atoms with Gasteiger partial charge >= 0.3 is 6.03 Å². The van der Waals surface area contributed by atoms with Crippen molar-refractivity contribution < 1.29 is 14.3 Å². The number of hydrogen-bond donors (Lipinski definition) is 3. The van der Waals surface area contributed by atoms with Gasteiger partial charge in [0.2, 0.25) is 0 Å². The topological polar surface area (TPSA) is 85.6 Å². The summed E-state index contributed by atoms with van der Waals surface area (Å²) in [5, 5.41) is 5.26. The van der Waals surface area contributed by atoms with Gasteiger partial charge in [-0.1, -0.05) is 0 Å². The maximum Gasteiger partial charge on any atom is 0.319 e. The average Bonchev–Trinajstić information content (AvgIpc) is 2.36. The number of nitrogens with two attached hydrogens (primary N) is 1. The first-order valence-electron chi connectivity index (χ1n) is 5.18. The summed E-state index contributed by atoms with van der Waals surface area (Å²) in [5.41, 5.74) is 5.90. The number of hydrogen-bond acceptors (Lipinski definition) is 4. The number of nitrogens with one attached hydrogen (secondary N) is 2. The summed E-state index contributed by atoms with van der Waals surface area (Å²) in [5.74, 6) is 1.17. The van der Waals surface area contributed by atoms with Crippen LogP contribution in [0, 0.1) is 0 Å². The van der Waals surface area contributed by atoms with Gasteiger partial charge in [0.25, 0.3) is 0 Å². The van der Waals surface area contributed by atoms with Crippen LogP contribution >= 0.6 is 0 Å². The number of benzene rings is 1. The smallest absolute Gasteiger partial charge is 0.319 e. The van der Waals surface area contributed by atoms with Gasteiger partial charge in [0.15, 0.2) is 11.5 Å². The molecule has 0 aromatic heterocycles. The highest BCUT2D eigenvalue weighted by Gasteiger charge is 2.06. The fourth-order valence-corrected chi connectivity index (χ4v) is 1.27. The van der Waals surface area contributed by atoms with E-state index >= 15 is 0 Å². The highest BCUT2D eigenvalue weighted by Crippen LogP contribution is 2.29. The quantitative estimate of drug-likeness (QED) is 0.709. The van der Waals surface area contributed by atoms with Gasteiger partial charge in [0, 0.05) is 24.8 Å². The summed E-state index contributed by atoms with van der Waals surface area (Å²) in [4.78, 5) is 11.4. The number of ether oxygens (including phenoxy) is 2. The zero-order valence-corrected chi connectivity index (χ0v) is 9.95. The number of anilines is 1. The summed E-state index contributed by atoms with van der Waals surface area (Å²) in [6, 6.07) is 4.82. The second-order valence-electron chi connectivity index (χ2n) is 3.24. The molecule has 1 aromatic rings. The zero-order chi connectivity index (χ0) is 12.7. The lowest BCUT2D eigenvalue weighted by molar-refractivity contribution is 0.252. The van der Waals surface area contributed by atoms with E-state index in [2.05, 4.69) is 10.6 Å². The summed E-state index contributed by atoms with van der Waals surface area (Å²) in [6.07, 6.45) is 0. The molecule has 0 saturated heterocycles. The molecule has 6 nitrogen and oxygen atoms in total. The van der Waals surface area contributed by atoms with Crippen LogP contribution in [0.5, 0.6) is 11.5 Å². The molecule has 0 aliphatic carbocycles. The van der Waals surface area contributed by atoms with E-state index < -0.39 is 0 Å². The Kier molecular flexibility index (Phi) is 5.09. The molecule has 1 rings (SSSR count). The Morgan fingerprint density at radius 3 is 2.59 bits per heavy atom. The van der Waals surface area contributed by atoms with Crippen LogP contribution in [-0.4, -0.2) is 33.3 Å². The molecule has 17 heavy (non-hydrogen) atoms. The first kappa shape index (κ1) is 13.1. The predicted octanol–water partition coefficient (Wildman–Crippen LogP) is 0.784. The Morgan fingerprint density at radius 2 is 2.00 bits per heavy atom. The molecule has 0 aliphatic heterocycles. The SMILES string of the molecule is COc1ccc(NC(=O)NCCN)cc1OC. The standard InChI is InChI=1S/C11H17N3O3/c1-16-9-4-3-8(7-10(9)17-2)14-11(15)13-6-5-12/h3-4,7H,5-6,12H2,1-2H3,(H2,13,14,15). The van der Waals surface area contributed by atoms with E-state index in [4.69, 9.17) is 15.2 Å². The molecule has 0 fully saturated rings. The van der Waals surface area contributed by atoms with E-state index in [0.29, 0.717) is 30.3 Å². The lowest BCUT2D eigenvalue weighted by atomic mass is 10.3. The molecule has 2 amide bonds. The van der Waals surface area contributed by atoms with E-state index in [9.17, 15) is 4.79 Å². The van der Waals surface area contributed by atoms with Crippen molar-refractivity contribution in [3.05, 3.63) is 18.2 Å². The van der Waals surface area contributed by atoms with Crippen molar-refractivity contribution in [3.8, 4) is 11.5 Å². The van der Waals surface area contributed by atoms with Crippen LogP contribution in [0.15, 0.2) is 18.2 Å². The summed E-state index contributed by atoms with van der Waals surface area (Å²) < 4.78 is 10.2. The zero-order valence-electron chi connectivity index (χ0n) is 9.95. The van der Waals surface area contributed by atoms with Crippen LogP contribution in [0.4, 0.5) is 10.5 Å². The predicted molar refractivity (Wildman–Crippen MR) is 65.6 cm³/mol. The lowest BCUT2D eigenvalue weighted by Crippen LogP contribution is -2.32. The van der Waals surface area contributed by atoms with E-state index in [1.165, 1.54) is 7.11 Å². The summed E-state index contributed by atoms with van der Waals surface area (Å²) in [7, 11) is 3.09.